The van der Waals surface area contributed by atoms with Crippen molar-refractivity contribution in [3.8, 4) is 0 Å². The predicted molar refractivity (Wildman–Crippen MR) is 161 cm³/mol. The van der Waals surface area contributed by atoms with Crippen LogP contribution in [0.15, 0.2) is 12.2 Å². The number of amides is 1. The van der Waals surface area contributed by atoms with Crippen LogP contribution in [-0.2, 0) is 14.3 Å². The first-order valence-electron chi connectivity index (χ1n) is 16.4. The molecule has 9 heteroatoms. The maximum atomic E-state index is 12.7. The summed E-state index contributed by atoms with van der Waals surface area (Å²) in [5, 5.41) is 53.5. The van der Waals surface area contributed by atoms with Crippen molar-refractivity contribution in [2.24, 2.45) is 0 Å². The van der Waals surface area contributed by atoms with Gasteiger partial charge in [-0.15, -0.1) is 0 Å². The van der Waals surface area contributed by atoms with E-state index in [1.807, 2.05) is 6.08 Å². The molecule has 41 heavy (non-hydrogen) atoms. The van der Waals surface area contributed by atoms with Gasteiger partial charge in [-0.3, -0.25) is 4.79 Å². The zero-order chi connectivity index (χ0) is 30.3. The minimum atomic E-state index is -1.56. The van der Waals surface area contributed by atoms with Crippen LogP contribution in [0.1, 0.15) is 129 Å². The number of hydrogen-bond acceptors (Lipinski definition) is 8. The van der Waals surface area contributed by atoms with Gasteiger partial charge in [-0.1, -0.05) is 116 Å². The Morgan fingerprint density at radius 3 is 1.90 bits per heavy atom. The number of unbranched alkanes of at least 4 members (excludes halogenated alkanes) is 15. The molecule has 1 saturated heterocycles. The number of carbonyl (C=O) groups excluding carboxylic acids is 1. The molecule has 0 radical (unpaired) electrons. The van der Waals surface area contributed by atoms with Crippen LogP contribution in [0.4, 0.5) is 0 Å². The molecule has 1 heterocycles. The number of aliphatic hydroxyl groups is 5. The molecule has 0 aromatic carbocycles. The molecule has 0 aromatic heterocycles. The SMILES string of the molecule is CCCCCCCCCCC/C=C/[C@@H](O)[C@H](CO[C@@H]1O[C@H](CO)[C@H](O)C(O)C1O)NC(=O)CCCCCCCCC. The molecule has 1 rings (SSSR count). The van der Waals surface area contributed by atoms with Crippen molar-refractivity contribution in [2.75, 3.05) is 13.2 Å². The smallest absolute Gasteiger partial charge is 0.220 e. The van der Waals surface area contributed by atoms with Gasteiger partial charge in [0.1, 0.15) is 24.4 Å². The lowest BCUT2D eigenvalue weighted by Crippen LogP contribution is -2.60. The van der Waals surface area contributed by atoms with Gasteiger partial charge >= 0.3 is 0 Å². The molecule has 0 aliphatic carbocycles. The summed E-state index contributed by atoms with van der Waals surface area (Å²) in [5.74, 6) is -0.188. The van der Waals surface area contributed by atoms with Gasteiger partial charge in [0.15, 0.2) is 6.29 Å². The average Bonchev–Trinajstić information content (AvgIpc) is 2.97. The number of rotatable bonds is 25. The molecule has 7 atom stereocenters. The Kier molecular flexibility index (Phi) is 22.6. The van der Waals surface area contributed by atoms with Crippen LogP contribution in [0, 0.1) is 0 Å². The molecule has 1 aliphatic heterocycles. The number of ether oxygens (including phenoxy) is 2. The van der Waals surface area contributed by atoms with E-state index in [1.165, 1.54) is 70.6 Å². The van der Waals surface area contributed by atoms with Crippen molar-refractivity contribution in [3.63, 3.8) is 0 Å². The highest BCUT2D eigenvalue weighted by Crippen LogP contribution is 2.22. The molecule has 6 N–H and O–H groups in total. The maximum absolute atomic E-state index is 12.7. The van der Waals surface area contributed by atoms with Crippen molar-refractivity contribution in [1.82, 2.24) is 5.32 Å². The van der Waals surface area contributed by atoms with Gasteiger partial charge in [-0.25, -0.2) is 0 Å². The van der Waals surface area contributed by atoms with Crippen LogP contribution in [0.5, 0.6) is 0 Å². The van der Waals surface area contributed by atoms with E-state index in [-0.39, 0.29) is 12.5 Å². The number of aliphatic hydroxyl groups excluding tert-OH is 5. The van der Waals surface area contributed by atoms with E-state index < -0.39 is 49.5 Å². The van der Waals surface area contributed by atoms with Gasteiger partial charge in [-0.05, 0) is 19.3 Å². The van der Waals surface area contributed by atoms with Gasteiger partial charge in [0.05, 0.1) is 25.4 Å². The summed E-state index contributed by atoms with van der Waals surface area (Å²) in [6, 6.07) is -0.793. The summed E-state index contributed by atoms with van der Waals surface area (Å²) in [4.78, 5) is 12.7. The van der Waals surface area contributed by atoms with E-state index >= 15 is 0 Å². The van der Waals surface area contributed by atoms with Crippen LogP contribution in [0.2, 0.25) is 0 Å². The summed E-state index contributed by atoms with van der Waals surface area (Å²) in [6.07, 6.45) is 15.6. The molecule has 0 saturated carbocycles. The summed E-state index contributed by atoms with van der Waals surface area (Å²) >= 11 is 0. The molecule has 0 spiro atoms. The summed E-state index contributed by atoms with van der Waals surface area (Å²) in [7, 11) is 0. The molecule has 0 bridgehead atoms. The molecule has 2 unspecified atom stereocenters. The third kappa shape index (κ3) is 17.0. The van der Waals surface area contributed by atoms with Crippen molar-refractivity contribution in [2.45, 2.75) is 172 Å². The summed E-state index contributed by atoms with van der Waals surface area (Å²) < 4.78 is 11.1. The highest BCUT2D eigenvalue weighted by atomic mass is 16.7. The molecule has 9 nitrogen and oxygen atoms in total. The fourth-order valence-corrected chi connectivity index (χ4v) is 5.09. The molecule has 1 fully saturated rings. The van der Waals surface area contributed by atoms with Crippen molar-refractivity contribution in [1.29, 1.82) is 0 Å². The second-order valence-electron chi connectivity index (χ2n) is 11.6. The van der Waals surface area contributed by atoms with Gasteiger partial charge in [0.2, 0.25) is 5.91 Å². The largest absolute Gasteiger partial charge is 0.394 e. The lowest BCUT2D eigenvalue weighted by Gasteiger charge is -2.40. The van der Waals surface area contributed by atoms with Crippen LogP contribution >= 0.6 is 0 Å². The molecule has 1 aliphatic rings. The van der Waals surface area contributed by atoms with E-state index in [2.05, 4.69) is 19.2 Å². The van der Waals surface area contributed by atoms with E-state index in [1.54, 1.807) is 6.08 Å². The van der Waals surface area contributed by atoms with Crippen molar-refractivity contribution >= 4 is 5.91 Å². The van der Waals surface area contributed by atoms with Gasteiger partial charge in [-0.2, -0.15) is 0 Å². The lowest BCUT2D eigenvalue weighted by atomic mass is 9.99. The van der Waals surface area contributed by atoms with Crippen LogP contribution in [0.25, 0.3) is 0 Å². The van der Waals surface area contributed by atoms with Gasteiger partial charge in [0.25, 0.3) is 0 Å². The monoisotopic (exact) mass is 587 g/mol. The Hall–Kier alpha value is -1.07. The fourth-order valence-electron chi connectivity index (χ4n) is 5.09. The third-order valence-electron chi connectivity index (χ3n) is 7.86. The lowest BCUT2D eigenvalue weighted by molar-refractivity contribution is -0.302. The quantitative estimate of drug-likeness (QED) is 0.0685. The van der Waals surface area contributed by atoms with E-state index in [0.29, 0.717) is 6.42 Å². The predicted octanol–water partition coefficient (Wildman–Crippen LogP) is 4.27. The fraction of sp³-hybridized carbons (Fsp3) is 0.906. The molecule has 0 aromatic rings. The standard InChI is InChI=1S/C32H61NO8/c1-3-5-7-9-11-12-13-14-16-17-19-21-26(35)25(33-28(36)22-20-18-15-10-8-6-4-2)24-40-32-31(39)30(38)29(37)27(23-34)41-32/h19,21,25-27,29-32,34-35,37-39H,3-18,20,22-24H2,1-2H3,(H,33,36)/b21-19+/t25-,26+,27+,29-,30?,31?,32+/m0/s1. The molecule has 1 amide bonds. The number of carbonyl (C=O) groups is 1. The number of allylic oxidation sites excluding steroid dienone is 1. The van der Waals surface area contributed by atoms with E-state index in [9.17, 15) is 30.3 Å². The van der Waals surface area contributed by atoms with Crippen molar-refractivity contribution < 1.29 is 39.8 Å². The minimum absolute atomic E-state index is 0.186. The zero-order valence-corrected chi connectivity index (χ0v) is 25.8. The number of nitrogens with one attached hydrogen (secondary N) is 1. The first-order valence-corrected chi connectivity index (χ1v) is 16.4. The topological polar surface area (TPSA) is 149 Å². The Labute approximate surface area is 248 Å². The second-order valence-corrected chi connectivity index (χ2v) is 11.6. The first kappa shape index (κ1) is 38.0. The molecular formula is C32H61NO8. The van der Waals surface area contributed by atoms with Gasteiger partial charge < -0.3 is 40.3 Å². The summed E-state index contributed by atoms with van der Waals surface area (Å²) in [5.41, 5.74) is 0. The van der Waals surface area contributed by atoms with Crippen LogP contribution in [-0.4, -0.2) is 87.5 Å². The third-order valence-corrected chi connectivity index (χ3v) is 7.86. The van der Waals surface area contributed by atoms with E-state index in [0.717, 1.165) is 38.5 Å². The van der Waals surface area contributed by atoms with E-state index in [4.69, 9.17) is 9.47 Å². The second kappa shape index (κ2) is 24.4. The number of hydrogen-bond donors (Lipinski definition) is 6. The highest BCUT2D eigenvalue weighted by molar-refractivity contribution is 5.76. The maximum Gasteiger partial charge on any atom is 0.220 e. The van der Waals surface area contributed by atoms with Crippen LogP contribution < -0.4 is 5.32 Å². The Bertz CT molecular complexity index is 662. The normalized spacial score (nSPS) is 24.5. The Morgan fingerprint density at radius 2 is 1.34 bits per heavy atom. The Morgan fingerprint density at radius 1 is 0.805 bits per heavy atom. The van der Waals surface area contributed by atoms with Crippen LogP contribution in [0.3, 0.4) is 0 Å². The highest BCUT2D eigenvalue weighted by Gasteiger charge is 2.44. The first-order chi connectivity index (χ1) is 19.8. The minimum Gasteiger partial charge on any atom is -0.394 e. The summed E-state index contributed by atoms with van der Waals surface area (Å²) in [6.45, 7) is 3.66. The molecule has 242 valence electrons. The van der Waals surface area contributed by atoms with Crippen molar-refractivity contribution in [3.05, 3.63) is 12.2 Å². The zero-order valence-electron chi connectivity index (χ0n) is 25.8. The van der Waals surface area contributed by atoms with Gasteiger partial charge in [0, 0.05) is 6.42 Å². The molecular weight excluding hydrogens is 526 g/mol. The average molecular weight is 588 g/mol. The Balaban J connectivity index is 2.55.